The van der Waals surface area contributed by atoms with E-state index in [0.717, 1.165) is 16.7 Å². The van der Waals surface area contributed by atoms with E-state index in [4.69, 9.17) is 5.73 Å². The van der Waals surface area contributed by atoms with Crippen LogP contribution in [0.25, 0.3) is 0 Å². The molecule has 1 fully saturated rings. The number of hydrogen-bond donors (Lipinski definition) is 2. The molecule has 0 saturated heterocycles. The molecule has 0 aliphatic heterocycles. The lowest BCUT2D eigenvalue weighted by Gasteiger charge is -2.42. The average Bonchev–Trinajstić information content (AvgIpc) is 2.17. The van der Waals surface area contributed by atoms with Gasteiger partial charge >= 0.3 is 0 Å². The highest BCUT2D eigenvalue weighted by molar-refractivity contribution is 9.10. The van der Waals surface area contributed by atoms with Crippen LogP contribution in [0.5, 0.6) is 0 Å². The van der Waals surface area contributed by atoms with Crippen LogP contribution in [0, 0.1) is 0 Å². The molecule has 3 N–H and O–H groups in total. The summed E-state index contributed by atoms with van der Waals surface area (Å²) in [7, 11) is 0. The van der Waals surface area contributed by atoms with Crippen LogP contribution >= 0.6 is 15.9 Å². The van der Waals surface area contributed by atoms with Gasteiger partial charge in [0.2, 0.25) is 5.95 Å². The van der Waals surface area contributed by atoms with Crippen LogP contribution in [0.4, 0.5) is 11.8 Å². The predicted octanol–water partition coefficient (Wildman–Crippen LogP) is 2.57. The largest absolute Gasteiger partial charge is 0.368 e. The van der Waals surface area contributed by atoms with E-state index >= 15 is 0 Å². The molecule has 0 amide bonds. The molecule has 0 atom stereocenters. The Hall–Kier alpha value is -0.840. The van der Waals surface area contributed by atoms with Crippen LogP contribution < -0.4 is 11.1 Å². The van der Waals surface area contributed by atoms with E-state index in [0.29, 0.717) is 5.95 Å². The topological polar surface area (TPSA) is 63.8 Å². The van der Waals surface area contributed by atoms with Crippen LogP contribution in [-0.4, -0.2) is 15.5 Å². The average molecular weight is 271 g/mol. The van der Waals surface area contributed by atoms with Gasteiger partial charge in [-0.05, 0) is 41.6 Å². The minimum atomic E-state index is 0.226. The normalized spacial score (nSPS) is 18.3. The fourth-order valence-electron chi connectivity index (χ4n) is 1.89. The standard InChI is InChI=1S/C10H15BrN4/c1-2-10(4-3-5-10)15-8-7(11)6-13-9(12)14-8/h6H,2-5H2,1H3,(H3,12,13,14,15). The van der Waals surface area contributed by atoms with Crippen LogP contribution in [0.2, 0.25) is 0 Å². The third-order valence-electron chi connectivity index (χ3n) is 3.13. The number of hydrogen-bond acceptors (Lipinski definition) is 4. The second-order valence-corrected chi connectivity index (χ2v) is 4.89. The van der Waals surface area contributed by atoms with Gasteiger partial charge in [-0.3, -0.25) is 0 Å². The Kier molecular flexibility index (Phi) is 2.82. The van der Waals surface area contributed by atoms with Gasteiger partial charge in [0, 0.05) is 11.7 Å². The zero-order chi connectivity index (χ0) is 10.9. The second-order valence-electron chi connectivity index (χ2n) is 4.04. The first kappa shape index (κ1) is 10.7. The molecule has 2 rings (SSSR count). The molecule has 4 nitrogen and oxygen atoms in total. The van der Waals surface area contributed by atoms with Crippen LogP contribution in [0.15, 0.2) is 10.7 Å². The Bertz CT molecular complexity index is 357. The van der Waals surface area contributed by atoms with Gasteiger partial charge in [-0.2, -0.15) is 4.98 Å². The van der Waals surface area contributed by atoms with E-state index in [1.807, 2.05) is 0 Å². The number of rotatable bonds is 3. The zero-order valence-electron chi connectivity index (χ0n) is 8.76. The van der Waals surface area contributed by atoms with E-state index in [2.05, 4.69) is 38.1 Å². The molecule has 1 aliphatic carbocycles. The number of aromatic nitrogens is 2. The molecule has 0 spiro atoms. The van der Waals surface area contributed by atoms with Gasteiger partial charge in [0.05, 0.1) is 4.47 Å². The van der Waals surface area contributed by atoms with Crippen molar-refractivity contribution in [1.82, 2.24) is 9.97 Å². The van der Waals surface area contributed by atoms with E-state index in [-0.39, 0.29) is 5.54 Å². The van der Waals surface area contributed by atoms with Gasteiger partial charge in [-0.1, -0.05) is 6.92 Å². The summed E-state index contributed by atoms with van der Waals surface area (Å²) in [5.74, 6) is 1.12. The number of nitrogens with one attached hydrogen (secondary N) is 1. The fourth-order valence-corrected chi connectivity index (χ4v) is 2.18. The molecule has 5 heteroatoms. The number of anilines is 2. The monoisotopic (exact) mass is 270 g/mol. The highest BCUT2D eigenvalue weighted by Crippen LogP contribution is 2.38. The smallest absolute Gasteiger partial charge is 0.221 e. The maximum absolute atomic E-state index is 5.56. The molecule has 0 bridgehead atoms. The summed E-state index contributed by atoms with van der Waals surface area (Å²) in [4.78, 5) is 8.12. The van der Waals surface area contributed by atoms with Crippen molar-refractivity contribution < 1.29 is 0 Å². The maximum Gasteiger partial charge on any atom is 0.221 e. The maximum atomic E-state index is 5.56. The van der Waals surface area contributed by atoms with Crippen molar-refractivity contribution in [2.75, 3.05) is 11.1 Å². The third kappa shape index (κ3) is 2.07. The quantitative estimate of drug-likeness (QED) is 0.886. The van der Waals surface area contributed by atoms with Gasteiger partial charge in [0.25, 0.3) is 0 Å². The minimum absolute atomic E-state index is 0.226. The second kappa shape index (κ2) is 3.96. The molecule has 82 valence electrons. The van der Waals surface area contributed by atoms with Crippen molar-refractivity contribution in [3.05, 3.63) is 10.7 Å². The highest BCUT2D eigenvalue weighted by Gasteiger charge is 2.35. The molecule has 0 aromatic carbocycles. The van der Waals surface area contributed by atoms with Crippen molar-refractivity contribution in [3.8, 4) is 0 Å². The zero-order valence-corrected chi connectivity index (χ0v) is 10.3. The number of nitrogens with two attached hydrogens (primary N) is 1. The molecule has 1 aromatic rings. The van der Waals surface area contributed by atoms with E-state index < -0.39 is 0 Å². The lowest BCUT2D eigenvalue weighted by Crippen LogP contribution is -2.44. The first-order valence-corrected chi connectivity index (χ1v) is 6.01. The Balaban J connectivity index is 2.19. The predicted molar refractivity (Wildman–Crippen MR) is 64.6 cm³/mol. The molecule has 1 aliphatic rings. The number of halogens is 1. The third-order valence-corrected chi connectivity index (χ3v) is 3.71. The molecular formula is C10H15BrN4. The van der Waals surface area contributed by atoms with Gasteiger partial charge < -0.3 is 11.1 Å². The van der Waals surface area contributed by atoms with Crippen molar-refractivity contribution in [2.45, 2.75) is 38.1 Å². The van der Waals surface area contributed by atoms with Gasteiger partial charge in [-0.15, -0.1) is 0 Å². The summed E-state index contributed by atoms with van der Waals surface area (Å²) in [6.45, 7) is 2.20. The highest BCUT2D eigenvalue weighted by atomic mass is 79.9. The first-order valence-electron chi connectivity index (χ1n) is 5.21. The van der Waals surface area contributed by atoms with Crippen LogP contribution in [0.1, 0.15) is 32.6 Å². The number of nitrogen functional groups attached to an aromatic ring is 1. The van der Waals surface area contributed by atoms with Crippen LogP contribution in [-0.2, 0) is 0 Å². The first-order chi connectivity index (χ1) is 7.15. The molecule has 15 heavy (non-hydrogen) atoms. The van der Waals surface area contributed by atoms with Crippen molar-refractivity contribution in [2.24, 2.45) is 0 Å². The van der Waals surface area contributed by atoms with Crippen molar-refractivity contribution in [3.63, 3.8) is 0 Å². The molecule has 1 saturated carbocycles. The summed E-state index contributed by atoms with van der Waals surface area (Å²) in [5, 5.41) is 3.47. The Morgan fingerprint density at radius 3 is 2.87 bits per heavy atom. The molecule has 0 unspecified atom stereocenters. The van der Waals surface area contributed by atoms with Crippen molar-refractivity contribution in [1.29, 1.82) is 0 Å². The molecular weight excluding hydrogens is 256 g/mol. The summed E-state index contributed by atoms with van der Waals surface area (Å²) in [6, 6.07) is 0. The van der Waals surface area contributed by atoms with E-state index in [1.165, 1.54) is 19.3 Å². The summed E-state index contributed by atoms with van der Waals surface area (Å²) in [6.07, 6.45) is 6.51. The Morgan fingerprint density at radius 1 is 1.60 bits per heavy atom. The van der Waals surface area contributed by atoms with Gasteiger partial charge in [-0.25, -0.2) is 4.98 Å². The molecule has 0 radical (unpaired) electrons. The number of nitrogens with zero attached hydrogens (tertiary/aromatic N) is 2. The Labute approximate surface area is 97.8 Å². The van der Waals surface area contributed by atoms with Crippen LogP contribution in [0.3, 0.4) is 0 Å². The van der Waals surface area contributed by atoms with Gasteiger partial charge in [0.15, 0.2) is 0 Å². The summed E-state index contributed by atoms with van der Waals surface area (Å²) >= 11 is 3.42. The Morgan fingerprint density at radius 2 is 2.33 bits per heavy atom. The SMILES string of the molecule is CCC1(Nc2nc(N)ncc2Br)CCC1. The molecule has 1 aromatic heterocycles. The lowest BCUT2D eigenvalue weighted by molar-refractivity contribution is 0.268. The minimum Gasteiger partial charge on any atom is -0.368 e. The van der Waals surface area contributed by atoms with Crippen molar-refractivity contribution >= 4 is 27.7 Å². The lowest BCUT2D eigenvalue weighted by atomic mass is 9.75. The van der Waals surface area contributed by atoms with E-state index in [9.17, 15) is 0 Å². The van der Waals surface area contributed by atoms with E-state index in [1.54, 1.807) is 6.20 Å². The van der Waals surface area contributed by atoms with Gasteiger partial charge in [0.1, 0.15) is 5.82 Å². The fraction of sp³-hybridized carbons (Fsp3) is 0.600. The summed E-state index contributed by atoms with van der Waals surface area (Å²) in [5.41, 5.74) is 5.79. The summed E-state index contributed by atoms with van der Waals surface area (Å²) < 4.78 is 0.872. The molecule has 1 heterocycles.